The standard InChI is InChI=1S/C18H18N2O3S/c19-24(22,23)11-8-9-16-15(10-11)12-5-3-6-13(12)18(20-16)14-4-1-2-7-17(14)21/h1-5,7-10,12-13,18,20-21H,6H2,(H2,19,22,23). The molecule has 1 heterocycles. The van der Waals surface area contributed by atoms with Crippen molar-refractivity contribution in [2.24, 2.45) is 11.1 Å². The second-order valence-electron chi connectivity index (χ2n) is 6.33. The molecule has 1 aliphatic heterocycles. The number of hydrogen-bond acceptors (Lipinski definition) is 4. The summed E-state index contributed by atoms with van der Waals surface area (Å²) in [5.41, 5.74) is 2.67. The number of nitrogens with two attached hydrogens (primary N) is 1. The number of anilines is 1. The van der Waals surface area contributed by atoms with Crippen molar-refractivity contribution in [1.82, 2.24) is 0 Å². The first kappa shape index (κ1) is 15.2. The maximum Gasteiger partial charge on any atom is 0.238 e. The lowest BCUT2D eigenvalue weighted by molar-refractivity contribution is 0.402. The Balaban J connectivity index is 1.82. The molecule has 2 aliphatic rings. The van der Waals surface area contributed by atoms with Crippen LogP contribution in [0.1, 0.15) is 29.5 Å². The van der Waals surface area contributed by atoms with Crippen molar-refractivity contribution in [3.05, 3.63) is 65.7 Å². The quantitative estimate of drug-likeness (QED) is 0.732. The van der Waals surface area contributed by atoms with Crippen LogP contribution in [0.2, 0.25) is 0 Å². The molecule has 5 nitrogen and oxygen atoms in total. The van der Waals surface area contributed by atoms with Gasteiger partial charge in [-0.1, -0.05) is 30.4 Å². The zero-order valence-corrected chi connectivity index (χ0v) is 13.7. The van der Waals surface area contributed by atoms with Crippen LogP contribution < -0.4 is 10.5 Å². The monoisotopic (exact) mass is 342 g/mol. The van der Waals surface area contributed by atoms with Gasteiger partial charge in [0.1, 0.15) is 5.75 Å². The highest BCUT2D eigenvalue weighted by Gasteiger charge is 2.39. The van der Waals surface area contributed by atoms with Crippen molar-refractivity contribution >= 4 is 15.7 Å². The van der Waals surface area contributed by atoms with Gasteiger partial charge in [-0.15, -0.1) is 0 Å². The maximum absolute atomic E-state index is 11.6. The normalized spacial score (nSPS) is 25.0. The maximum atomic E-state index is 11.6. The van der Waals surface area contributed by atoms with E-state index in [2.05, 4.69) is 17.5 Å². The number of rotatable bonds is 2. The van der Waals surface area contributed by atoms with E-state index in [1.165, 1.54) is 6.07 Å². The van der Waals surface area contributed by atoms with Crippen molar-refractivity contribution < 1.29 is 13.5 Å². The van der Waals surface area contributed by atoms with E-state index in [1.54, 1.807) is 24.3 Å². The Labute approximate surface area is 140 Å². The van der Waals surface area contributed by atoms with Crippen LogP contribution in [0.4, 0.5) is 5.69 Å². The van der Waals surface area contributed by atoms with Gasteiger partial charge >= 0.3 is 0 Å². The van der Waals surface area contributed by atoms with E-state index in [0.29, 0.717) is 0 Å². The summed E-state index contributed by atoms with van der Waals surface area (Å²) in [5.74, 6) is 0.597. The van der Waals surface area contributed by atoms with Crippen molar-refractivity contribution in [3.63, 3.8) is 0 Å². The summed E-state index contributed by atoms with van der Waals surface area (Å²) in [6.07, 6.45) is 5.10. The van der Waals surface area contributed by atoms with Crippen LogP contribution in [-0.2, 0) is 10.0 Å². The van der Waals surface area contributed by atoms with Crippen LogP contribution in [0, 0.1) is 5.92 Å². The van der Waals surface area contributed by atoms with Crippen LogP contribution in [0.5, 0.6) is 5.75 Å². The molecule has 124 valence electrons. The first-order valence-corrected chi connectivity index (χ1v) is 9.37. The average molecular weight is 342 g/mol. The third kappa shape index (κ3) is 2.39. The smallest absolute Gasteiger partial charge is 0.238 e. The third-order valence-electron chi connectivity index (χ3n) is 4.93. The predicted octanol–water partition coefficient (Wildman–Crippen LogP) is 2.87. The molecule has 2 aromatic carbocycles. The van der Waals surface area contributed by atoms with Gasteiger partial charge in [-0.3, -0.25) is 0 Å². The molecule has 0 aromatic heterocycles. The largest absolute Gasteiger partial charge is 0.508 e. The number of primary sulfonamides is 1. The number of benzene rings is 2. The molecular formula is C18H18N2O3S. The van der Waals surface area contributed by atoms with Crippen LogP contribution in [-0.4, -0.2) is 13.5 Å². The average Bonchev–Trinajstić information content (AvgIpc) is 3.03. The fourth-order valence-electron chi connectivity index (χ4n) is 3.81. The SMILES string of the molecule is NS(=O)(=O)c1ccc2c(c1)C1C=CCC1C(c1ccccc1O)N2. The molecule has 0 saturated heterocycles. The lowest BCUT2D eigenvalue weighted by atomic mass is 9.77. The number of aromatic hydroxyl groups is 1. The third-order valence-corrected chi connectivity index (χ3v) is 5.85. The molecule has 0 saturated carbocycles. The Morgan fingerprint density at radius 3 is 2.67 bits per heavy atom. The molecule has 0 amide bonds. The number of phenolic OH excluding ortho intramolecular Hbond substituents is 1. The van der Waals surface area contributed by atoms with Crippen LogP contribution in [0.25, 0.3) is 0 Å². The summed E-state index contributed by atoms with van der Waals surface area (Å²) in [4.78, 5) is 0.128. The van der Waals surface area contributed by atoms with E-state index in [0.717, 1.165) is 23.2 Å². The second kappa shape index (κ2) is 5.36. The van der Waals surface area contributed by atoms with E-state index in [9.17, 15) is 13.5 Å². The molecule has 0 bridgehead atoms. The Morgan fingerprint density at radius 1 is 1.12 bits per heavy atom. The molecule has 4 rings (SSSR count). The highest BCUT2D eigenvalue weighted by molar-refractivity contribution is 7.89. The van der Waals surface area contributed by atoms with Gasteiger partial charge in [0.2, 0.25) is 10.0 Å². The molecule has 1 aliphatic carbocycles. The fraction of sp³-hybridized carbons (Fsp3) is 0.222. The van der Waals surface area contributed by atoms with Gasteiger partial charge in [-0.25, -0.2) is 13.6 Å². The van der Waals surface area contributed by atoms with Gasteiger partial charge in [0.15, 0.2) is 0 Å². The van der Waals surface area contributed by atoms with E-state index in [-0.39, 0.29) is 28.5 Å². The molecule has 24 heavy (non-hydrogen) atoms. The Hall–Kier alpha value is -2.31. The van der Waals surface area contributed by atoms with E-state index in [1.807, 2.05) is 12.1 Å². The molecule has 0 spiro atoms. The number of allylic oxidation sites excluding steroid dienone is 2. The zero-order chi connectivity index (χ0) is 16.9. The highest BCUT2D eigenvalue weighted by Crippen LogP contribution is 2.51. The number of hydrogen-bond donors (Lipinski definition) is 3. The van der Waals surface area contributed by atoms with Gasteiger partial charge < -0.3 is 10.4 Å². The van der Waals surface area contributed by atoms with Crippen molar-refractivity contribution in [3.8, 4) is 5.75 Å². The fourth-order valence-corrected chi connectivity index (χ4v) is 4.36. The van der Waals surface area contributed by atoms with E-state index in [4.69, 9.17) is 5.14 Å². The molecule has 6 heteroatoms. The Kier molecular flexibility index (Phi) is 3.40. The van der Waals surface area contributed by atoms with Crippen molar-refractivity contribution in [1.29, 1.82) is 0 Å². The molecule has 0 fully saturated rings. The summed E-state index contributed by atoms with van der Waals surface area (Å²) in [5, 5.41) is 19.0. The van der Waals surface area contributed by atoms with Crippen molar-refractivity contribution in [2.75, 3.05) is 5.32 Å². The second-order valence-corrected chi connectivity index (χ2v) is 7.89. The van der Waals surface area contributed by atoms with Crippen molar-refractivity contribution in [2.45, 2.75) is 23.3 Å². The summed E-state index contributed by atoms with van der Waals surface area (Å²) >= 11 is 0. The highest BCUT2D eigenvalue weighted by atomic mass is 32.2. The molecule has 4 N–H and O–H groups in total. The van der Waals surface area contributed by atoms with Gasteiger partial charge in [0, 0.05) is 17.2 Å². The van der Waals surface area contributed by atoms with E-state index < -0.39 is 10.0 Å². The van der Waals surface area contributed by atoms with Gasteiger partial charge in [0.05, 0.1) is 10.9 Å². The molecular weight excluding hydrogens is 324 g/mol. The first-order valence-electron chi connectivity index (χ1n) is 7.83. The Morgan fingerprint density at radius 2 is 1.92 bits per heavy atom. The van der Waals surface area contributed by atoms with Crippen LogP contribution in [0.15, 0.2) is 59.5 Å². The van der Waals surface area contributed by atoms with Gasteiger partial charge in [-0.05, 0) is 42.2 Å². The zero-order valence-electron chi connectivity index (χ0n) is 12.9. The number of nitrogens with one attached hydrogen (secondary N) is 1. The summed E-state index contributed by atoms with van der Waals surface area (Å²) in [7, 11) is -3.73. The molecule has 3 atom stereocenters. The number of phenols is 1. The molecule has 2 aromatic rings. The van der Waals surface area contributed by atoms with E-state index >= 15 is 0 Å². The lowest BCUT2D eigenvalue weighted by Gasteiger charge is -2.37. The Bertz CT molecular complexity index is 937. The summed E-state index contributed by atoms with van der Waals surface area (Å²) < 4.78 is 23.3. The summed E-state index contributed by atoms with van der Waals surface area (Å²) in [6.45, 7) is 0. The molecule has 0 radical (unpaired) electrons. The topological polar surface area (TPSA) is 92.4 Å². The number of para-hydroxylation sites is 1. The number of fused-ring (bicyclic) bond motifs is 3. The van der Waals surface area contributed by atoms with Gasteiger partial charge in [-0.2, -0.15) is 0 Å². The molecule has 3 unspecified atom stereocenters. The van der Waals surface area contributed by atoms with Crippen LogP contribution in [0.3, 0.4) is 0 Å². The minimum atomic E-state index is -3.73. The van der Waals surface area contributed by atoms with Crippen LogP contribution >= 0.6 is 0 Å². The first-order chi connectivity index (χ1) is 11.4. The minimum Gasteiger partial charge on any atom is -0.508 e. The minimum absolute atomic E-state index is 0.0287. The lowest BCUT2D eigenvalue weighted by Crippen LogP contribution is -2.29. The predicted molar refractivity (Wildman–Crippen MR) is 92.3 cm³/mol. The van der Waals surface area contributed by atoms with Gasteiger partial charge in [0.25, 0.3) is 0 Å². The summed E-state index contributed by atoms with van der Waals surface area (Å²) in [6, 6.07) is 12.2. The number of sulfonamides is 1.